The molecule has 3 aromatic heterocycles. The molecule has 1 aliphatic heterocycles. The summed E-state index contributed by atoms with van der Waals surface area (Å²) < 4.78 is 1.89. The number of hydrogen-bond donors (Lipinski definition) is 0. The third kappa shape index (κ3) is 2.61. The summed E-state index contributed by atoms with van der Waals surface area (Å²) in [5.41, 5.74) is 3.15. The van der Waals surface area contributed by atoms with E-state index in [4.69, 9.17) is 0 Å². The Kier molecular flexibility index (Phi) is 3.38. The van der Waals surface area contributed by atoms with Crippen LogP contribution in [0.3, 0.4) is 0 Å². The minimum Gasteiger partial charge on any atom is -0.333 e. The van der Waals surface area contributed by atoms with E-state index in [-0.39, 0.29) is 5.91 Å². The van der Waals surface area contributed by atoms with Gasteiger partial charge in [0.15, 0.2) is 0 Å². The van der Waals surface area contributed by atoms with Gasteiger partial charge in [-0.15, -0.1) is 0 Å². The van der Waals surface area contributed by atoms with Crippen LogP contribution in [0.1, 0.15) is 16.9 Å². The molecule has 0 aliphatic carbocycles. The molecule has 0 aromatic carbocycles. The zero-order chi connectivity index (χ0) is 15.6. The molecule has 0 spiro atoms. The minimum atomic E-state index is -0.0163. The molecule has 0 saturated heterocycles. The summed E-state index contributed by atoms with van der Waals surface area (Å²) in [6, 6.07) is 9.70. The van der Waals surface area contributed by atoms with Gasteiger partial charge in [-0.25, -0.2) is 4.98 Å². The highest BCUT2D eigenvalue weighted by atomic mass is 16.2. The summed E-state index contributed by atoms with van der Waals surface area (Å²) >= 11 is 0. The van der Waals surface area contributed by atoms with E-state index in [2.05, 4.69) is 16.0 Å². The summed E-state index contributed by atoms with van der Waals surface area (Å²) in [5.74, 6) is -0.0163. The molecule has 0 bridgehead atoms. The summed E-state index contributed by atoms with van der Waals surface area (Å²) in [5, 5.41) is 0. The van der Waals surface area contributed by atoms with Crippen molar-refractivity contribution in [3.63, 3.8) is 0 Å². The maximum absolute atomic E-state index is 12.5. The minimum absolute atomic E-state index is 0.0163. The van der Waals surface area contributed by atoms with Crippen LogP contribution >= 0.6 is 0 Å². The Labute approximate surface area is 133 Å². The van der Waals surface area contributed by atoms with Gasteiger partial charge in [0.05, 0.1) is 5.69 Å². The third-order valence-electron chi connectivity index (χ3n) is 3.98. The van der Waals surface area contributed by atoms with Crippen molar-refractivity contribution in [3.8, 4) is 11.3 Å². The average Bonchev–Trinajstić information content (AvgIpc) is 3.06. The van der Waals surface area contributed by atoms with E-state index >= 15 is 0 Å². The monoisotopic (exact) mass is 304 g/mol. The molecule has 0 unspecified atom stereocenters. The summed E-state index contributed by atoms with van der Waals surface area (Å²) in [6.07, 6.45) is 10.6. The predicted octanol–water partition coefficient (Wildman–Crippen LogP) is 2.80. The van der Waals surface area contributed by atoms with Crippen molar-refractivity contribution >= 4 is 11.6 Å². The Morgan fingerprint density at radius 3 is 2.83 bits per heavy atom. The van der Waals surface area contributed by atoms with Crippen molar-refractivity contribution in [1.82, 2.24) is 19.3 Å². The van der Waals surface area contributed by atoms with Crippen LogP contribution in [-0.2, 0) is 0 Å². The first-order valence-corrected chi connectivity index (χ1v) is 7.66. The van der Waals surface area contributed by atoms with Crippen LogP contribution in [0.15, 0.2) is 61.1 Å². The molecule has 1 aliphatic rings. The standard InChI is InChI=1S/C18H16N4O/c23-18(21-10-4-1-5-11-21)16-13-22-12-14(7-8-17(22)20-16)15-6-2-3-9-19-15/h1-4,6-9,12-13H,5,10-11H2. The second-order valence-electron chi connectivity index (χ2n) is 5.54. The largest absolute Gasteiger partial charge is 0.333 e. The number of pyridine rings is 2. The van der Waals surface area contributed by atoms with Gasteiger partial charge in [0.25, 0.3) is 5.91 Å². The van der Waals surface area contributed by atoms with Gasteiger partial charge in [0.2, 0.25) is 0 Å². The topological polar surface area (TPSA) is 50.5 Å². The Hall–Kier alpha value is -2.95. The summed E-state index contributed by atoms with van der Waals surface area (Å²) in [4.78, 5) is 23.2. The Bertz CT molecular complexity index is 882. The first-order valence-electron chi connectivity index (χ1n) is 7.66. The third-order valence-corrected chi connectivity index (χ3v) is 3.98. The number of imidazole rings is 1. The molecule has 5 heteroatoms. The quantitative estimate of drug-likeness (QED) is 0.684. The molecule has 1 amide bonds. The van der Waals surface area contributed by atoms with E-state index < -0.39 is 0 Å². The van der Waals surface area contributed by atoms with Gasteiger partial charge >= 0.3 is 0 Å². The molecule has 0 atom stereocenters. The zero-order valence-corrected chi connectivity index (χ0v) is 12.6. The molecule has 4 heterocycles. The zero-order valence-electron chi connectivity index (χ0n) is 12.6. The molecular formula is C18H16N4O. The van der Waals surface area contributed by atoms with Crippen molar-refractivity contribution in [1.29, 1.82) is 0 Å². The van der Waals surface area contributed by atoms with Crippen molar-refractivity contribution < 1.29 is 4.79 Å². The second-order valence-corrected chi connectivity index (χ2v) is 5.54. The fraction of sp³-hybridized carbons (Fsp3) is 0.167. The molecule has 0 radical (unpaired) electrons. The summed E-state index contributed by atoms with van der Waals surface area (Å²) in [6.45, 7) is 1.41. The first kappa shape index (κ1) is 13.7. The fourth-order valence-corrected chi connectivity index (χ4v) is 2.77. The Morgan fingerprint density at radius 1 is 1.09 bits per heavy atom. The number of carbonyl (C=O) groups is 1. The first-order chi connectivity index (χ1) is 11.3. The summed E-state index contributed by atoms with van der Waals surface area (Å²) in [7, 11) is 0. The van der Waals surface area contributed by atoms with Gasteiger partial charge in [0.1, 0.15) is 11.3 Å². The molecule has 0 fully saturated rings. The molecule has 3 aromatic rings. The maximum atomic E-state index is 12.5. The number of rotatable bonds is 2. The van der Waals surface area contributed by atoms with Gasteiger partial charge in [0, 0.05) is 37.2 Å². The number of nitrogens with zero attached hydrogens (tertiary/aromatic N) is 4. The predicted molar refractivity (Wildman–Crippen MR) is 88.1 cm³/mol. The lowest BCUT2D eigenvalue weighted by atomic mass is 10.2. The molecular weight excluding hydrogens is 288 g/mol. The molecule has 23 heavy (non-hydrogen) atoms. The van der Waals surface area contributed by atoms with Gasteiger partial charge < -0.3 is 9.30 Å². The van der Waals surface area contributed by atoms with Crippen LogP contribution in [0, 0.1) is 0 Å². The van der Waals surface area contributed by atoms with Gasteiger partial charge in [-0.3, -0.25) is 9.78 Å². The molecule has 4 rings (SSSR count). The average molecular weight is 304 g/mol. The number of carbonyl (C=O) groups excluding carboxylic acids is 1. The van der Waals surface area contributed by atoms with Crippen LogP contribution in [0.5, 0.6) is 0 Å². The highest BCUT2D eigenvalue weighted by molar-refractivity contribution is 5.93. The fourth-order valence-electron chi connectivity index (χ4n) is 2.77. The lowest BCUT2D eigenvalue weighted by Gasteiger charge is -2.22. The number of hydrogen-bond acceptors (Lipinski definition) is 3. The van der Waals surface area contributed by atoms with E-state index in [1.807, 2.05) is 51.9 Å². The smallest absolute Gasteiger partial charge is 0.274 e. The highest BCUT2D eigenvalue weighted by Crippen LogP contribution is 2.18. The van der Waals surface area contributed by atoms with Crippen molar-refractivity contribution in [2.75, 3.05) is 13.1 Å². The highest BCUT2D eigenvalue weighted by Gasteiger charge is 2.19. The van der Waals surface area contributed by atoms with Crippen molar-refractivity contribution in [2.24, 2.45) is 0 Å². The lowest BCUT2D eigenvalue weighted by Crippen LogP contribution is -2.33. The number of aromatic nitrogens is 3. The van der Waals surface area contributed by atoms with Crippen LogP contribution in [0.2, 0.25) is 0 Å². The van der Waals surface area contributed by atoms with Crippen LogP contribution in [-0.4, -0.2) is 38.3 Å². The van der Waals surface area contributed by atoms with E-state index in [0.29, 0.717) is 12.2 Å². The normalized spacial score (nSPS) is 14.3. The van der Waals surface area contributed by atoms with Gasteiger partial charge in [-0.05, 0) is 30.7 Å². The van der Waals surface area contributed by atoms with Crippen molar-refractivity contribution in [2.45, 2.75) is 6.42 Å². The van der Waals surface area contributed by atoms with Crippen LogP contribution in [0.25, 0.3) is 16.9 Å². The second kappa shape index (κ2) is 5.68. The number of amides is 1. The van der Waals surface area contributed by atoms with E-state index in [0.717, 1.165) is 29.9 Å². The van der Waals surface area contributed by atoms with E-state index in [9.17, 15) is 4.79 Å². The van der Waals surface area contributed by atoms with Crippen LogP contribution in [0.4, 0.5) is 0 Å². The SMILES string of the molecule is O=C(c1cn2cc(-c3ccccn3)ccc2n1)N1CC=CCC1. The number of fused-ring (bicyclic) bond motifs is 1. The van der Waals surface area contributed by atoms with Gasteiger partial charge in [-0.1, -0.05) is 18.2 Å². The lowest BCUT2D eigenvalue weighted by molar-refractivity contribution is 0.0766. The molecule has 114 valence electrons. The molecule has 0 N–H and O–H groups in total. The molecule has 5 nitrogen and oxygen atoms in total. The molecule has 0 saturated carbocycles. The van der Waals surface area contributed by atoms with Gasteiger partial charge in [-0.2, -0.15) is 0 Å². The van der Waals surface area contributed by atoms with E-state index in [1.165, 1.54) is 0 Å². The Balaban J connectivity index is 1.68. The van der Waals surface area contributed by atoms with Crippen LogP contribution < -0.4 is 0 Å². The maximum Gasteiger partial charge on any atom is 0.274 e. The van der Waals surface area contributed by atoms with E-state index in [1.54, 1.807) is 12.4 Å². The Morgan fingerprint density at radius 2 is 2.04 bits per heavy atom. The van der Waals surface area contributed by atoms with Crippen molar-refractivity contribution in [3.05, 3.63) is 66.8 Å².